The quantitative estimate of drug-likeness (QED) is 0.849. The molecule has 1 aliphatic heterocycles. The monoisotopic (exact) mass is 305 g/mol. The number of hydrogen-bond donors (Lipinski definition) is 2. The molecule has 0 saturated carbocycles. The smallest absolute Gasteiger partial charge is 0.319 e. The molecule has 1 aromatic carbocycles. The second-order valence-corrected chi connectivity index (χ2v) is 5.61. The van der Waals surface area contributed by atoms with Crippen molar-refractivity contribution >= 4 is 17.4 Å². The van der Waals surface area contributed by atoms with E-state index in [1.165, 1.54) is 5.69 Å². The van der Waals surface area contributed by atoms with Gasteiger partial charge in [-0.25, -0.2) is 4.79 Å². The Morgan fingerprint density at radius 1 is 1.18 bits per heavy atom. The zero-order valence-electron chi connectivity index (χ0n) is 13.6. The SMILES string of the molecule is CCN(CC)c1ccc(NC(=O)NCC2CCOCC2)cc1. The number of nitrogens with zero attached hydrogens (tertiary/aromatic N) is 1. The number of nitrogens with one attached hydrogen (secondary N) is 2. The molecule has 5 heteroatoms. The molecular weight excluding hydrogens is 278 g/mol. The van der Waals surface area contributed by atoms with E-state index in [-0.39, 0.29) is 6.03 Å². The van der Waals surface area contributed by atoms with Crippen molar-refractivity contribution < 1.29 is 9.53 Å². The van der Waals surface area contributed by atoms with Gasteiger partial charge >= 0.3 is 6.03 Å². The molecule has 122 valence electrons. The highest BCUT2D eigenvalue weighted by Gasteiger charge is 2.14. The Bertz CT molecular complexity index is 451. The zero-order valence-corrected chi connectivity index (χ0v) is 13.6. The van der Waals surface area contributed by atoms with E-state index in [4.69, 9.17) is 4.74 Å². The van der Waals surface area contributed by atoms with Crippen LogP contribution in [0.2, 0.25) is 0 Å². The van der Waals surface area contributed by atoms with Crippen LogP contribution in [0.1, 0.15) is 26.7 Å². The topological polar surface area (TPSA) is 53.6 Å². The molecule has 0 atom stereocenters. The number of urea groups is 1. The predicted molar refractivity (Wildman–Crippen MR) is 90.6 cm³/mol. The molecule has 2 N–H and O–H groups in total. The molecule has 1 saturated heterocycles. The highest BCUT2D eigenvalue weighted by Crippen LogP contribution is 2.18. The summed E-state index contributed by atoms with van der Waals surface area (Å²) in [5.41, 5.74) is 2.00. The van der Waals surface area contributed by atoms with E-state index in [9.17, 15) is 4.79 Å². The number of benzene rings is 1. The number of carbonyl (C=O) groups excluding carboxylic acids is 1. The summed E-state index contributed by atoms with van der Waals surface area (Å²) < 4.78 is 5.32. The second-order valence-electron chi connectivity index (χ2n) is 5.61. The molecule has 0 radical (unpaired) electrons. The lowest BCUT2D eigenvalue weighted by molar-refractivity contribution is 0.0671. The maximum absolute atomic E-state index is 11.9. The van der Waals surface area contributed by atoms with Crippen LogP contribution in [-0.2, 0) is 4.74 Å². The van der Waals surface area contributed by atoms with E-state index in [1.807, 2.05) is 24.3 Å². The van der Waals surface area contributed by atoms with Crippen LogP contribution in [0.15, 0.2) is 24.3 Å². The molecule has 1 aromatic rings. The van der Waals surface area contributed by atoms with Crippen LogP contribution in [0.4, 0.5) is 16.2 Å². The Balaban J connectivity index is 1.78. The fourth-order valence-electron chi connectivity index (χ4n) is 2.71. The minimum atomic E-state index is -0.137. The summed E-state index contributed by atoms with van der Waals surface area (Å²) in [4.78, 5) is 14.2. The highest BCUT2D eigenvalue weighted by atomic mass is 16.5. The number of ether oxygens (including phenoxy) is 1. The summed E-state index contributed by atoms with van der Waals surface area (Å²) in [6.45, 7) is 8.57. The summed E-state index contributed by atoms with van der Waals surface area (Å²) in [6, 6.07) is 7.84. The largest absolute Gasteiger partial charge is 0.381 e. The average Bonchev–Trinajstić information content (AvgIpc) is 2.56. The van der Waals surface area contributed by atoms with E-state index in [2.05, 4.69) is 29.4 Å². The predicted octanol–water partition coefficient (Wildman–Crippen LogP) is 3.08. The van der Waals surface area contributed by atoms with E-state index in [1.54, 1.807) is 0 Å². The molecule has 1 fully saturated rings. The first kappa shape index (κ1) is 16.6. The van der Waals surface area contributed by atoms with Gasteiger partial charge in [0.1, 0.15) is 0 Å². The normalized spacial score (nSPS) is 15.4. The van der Waals surface area contributed by atoms with Crippen molar-refractivity contribution in [1.29, 1.82) is 0 Å². The minimum absolute atomic E-state index is 0.137. The average molecular weight is 305 g/mol. The Morgan fingerprint density at radius 3 is 2.41 bits per heavy atom. The second kappa shape index (κ2) is 8.63. The molecule has 22 heavy (non-hydrogen) atoms. The van der Waals surface area contributed by atoms with Crippen molar-refractivity contribution in [2.45, 2.75) is 26.7 Å². The Labute approximate surface area is 133 Å². The third-order valence-electron chi connectivity index (χ3n) is 4.15. The number of rotatable bonds is 6. The van der Waals surface area contributed by atoms with Gasteiger partial charge in [0.15, 0.2) is 0 Å². The van der Waals surface area contributed by atoms with E-state index >= 15 is 0 Å². The van der Waals surface area contributed by atoms with Crippen molar-refractivity contribution in [2.24, 2.45) is 5.92 Å². The lowest BCUT2D eigenvalue weighted by Crippen LogP contribution is -2.35. The van der Waals surface area contributed by atoms with Crippen LogP contribution in [-0.4, -0.2) is 38.9 Å². The molecule has 2 amide bonds. The number of carbonyl (C=O) groups is 1. The fraction of sp³-hybridized carbons (Fsp3) is 0.588. The van der Waals surface area contributed by atoms with Crippen LogP contribution in [0.3, 0.4) is 0 Å². The van der Waals surface area contributed by atoms with Gasteiger partial charge in [-0.15, -0.1) is 0 Å². The molecule has 1 heterocycles. The Morgan fingerprint density at radius 2 is 1.82 bits per heavy atom. The highest BCUT2D eigenvalue weighted by molar-refractivity contribution is 5.89. The molecule has 0 bridgehead atoms. The maximum atomic E-state index is 11.9. The van der Waals surface area contributed by atoms with Gasteiger partial charge in [-0.1, -0.05) is 0 Å². The van der Waals surface area contributed by atoms with Crippen molar-refractivity contribution in [3.63, 3.8) is 0 Å². The van der Waals surface area contributed by atoms with Crippen molar-refractivity contribution in [3.8, 4) is 0 Å². The maximum Gasteiger partial charge on any atom is 0.319 e. The van der Waals surface area contributed by atoms with Crippen molar-refractivity contribution in [3.05, 3.63) is 24.3 Å². The first-order chi connectivity index (χ1) is 10.7. The molecule has 0 aromatic heterocycles. The molecule has 0 spiro atoms. The lowest BCUT2D eigenvalue weighted by Gasteiger charge is -2.22. The van der Waals surface area contributed by atoms with Crippen LogP contribution in [0, 0.1) is 5.92 Å². The van der Waals surface area contributed by atoms with Crippen molar-refractivity contribution in [2.75, 3.05) is 43.1 Å². The Hall–Kier alpha value is -1.75. The first-order valence-corrected chi connectivity index (χ1v) is 8.20. The summed E-state index contributed by atoms with van der Waals surface area (Å²) >= 11 is 0. The summed E-state index contributed by atoms with van der Waals surface area (Å²) in [5, 5.41) is 5.83. The third kappa shape index (κ3) is 4.91. The number of anilines is 2. The number of hydrogen-bond acceptors (Lipinski definition) is 3. The van der Waals surface area contributed by atoms with Gasteiger partial charge in [-0.3, -0.25) is 0 Å². The zero-order chi connectivity index (χ0) is 15.8. The molecule has 1 aliphatic rings. The Kier molecular flexibility index (Phi) is 6.52. The van der Waals surface area contributed by atoms with Crippen molar-refractivity contribution in [1.82, 2.24) is 5.32 Å². The fourth-order valence-corrected chi connectivity index (χ4v) is 2.71. The van der Waals surface area contributed by atoms with Gasteiger partial charge in [0.2, 0.25) is 0 Å². The van der Waals surface area contributed by atoms with Crippen LogP contribution < -0.4 is 15.5 Å². The standard InChI is InChI=1S/C17H27N3O2/c1-3-20(4-2)16-7-5-15(6-8-16)19-17(21)18-13-14-9-11-22-12-10-14/h5-8,14H,3-4,9-13H2,1-2H3,(H2,18,19,21). The minimum Gasteiger partial charge on any atom is -0.381 e. The summed E-state index contributed by atoms with van der Waals surface area (Å²) in [5.74, 6) is 0.532. The van der Waals surface area contributed by atoms with Gasteiger partial charge in [0.25, 0.3) is 0 Å². The molecule has 5 nitrogen and oxygen atoms in total. The molecule has 2 rings (SSSR count). The van der Waals surface area contributed by atoms with Gasteiger partial charge in [-0.2, -0.15) is 0 Å². The summed E-state index contributed by atoms with van der Waals surface area (Å²) in [7, 11) is 0. The molecule has 0 unspecified atom stereocenters. The first-order valence-electron chi connectivity index (χ1n) is 8.20. The summed E-state index contributed by atoms with van der Waals surface area (Å²) in [6.07, 6.45) is 2.05. The molecule has 0 aliphatic carbocycles. The molecular formula is C17H27N3O2. The van der Waals surface area contributed by atoms with E-state index in [0.717, 1.165) is 44.8 Å². The van der Waals surface area contributed by atoms with Gasteiger partial charge in [0.05, 0.1) is 0 Å². The third-order valence-corrected chi connectivity index (χ3v) is 4.15. The van der Waals surface area contributed by atoms with Gasteiger partial charge in [-0.05, 0) is 56.9 Å². The van der Waals surface area contributed by atoms with Gasteiger partial charge in [0, 0.05) is 44.2 Å². The van der Waals surface area contributed by atoms with E-state index in [0.29, 0.717) is 12.5 Å². The van der Waals surface area contributed by atoms with Crippen LogP contribution >= 0.6 is 0 Å². The van der Waals surface area contributed by atoms with Gasteiger partial charge < -0.3 is 20.3 Å². The van der Waals surface area contributed by atoms with Crippen LogP contribution in [0.25, 0.3) is 0 Å². The van der Waals surface area contributed by atoms with E-state index < -0.39 is 0 Å². The number of amides is 2. The van der Waals surface area contributed by atoms with Crippen LogP contribution in [0.5, 0.6) is 0 Å². The lowest BCUT2D eigenvalue weighted by atomic mass is 10.0.